The van der Waals surface area contributed by atoms with Gasteiger partial charge in [-0.1, -0.05) is 24.6 Å². The zero-order chi connectivity index (χ0) is 9.14. The molecule has 1 aliphatic carbocycles. The van der Waals surface area contributed by atoms with Crippen molar-refractivity contribution in [2.45, 2.75) is 32.7 Å². The molecule has 68 valence electrons. The molecular formula is C11H19N. The lowest BCUT2D eigenvalue weighted by Gasteiger charge is -2.25. The van der Waals surface area contributed by atoms with Gasteiger partial charge < -0.3 is 4.90 Å². The summed E-state index contributed by atoms with van der Waals surface area (Å²) in [5.41, 5.74) is 2.98. The second kappa shape index (κ2) is 3.90. The van der Waals surface area contributed by atoms with Gasteiger partial charge in [0.25, 0.3) is 0 Å². The Morgan fingerprint density at radius 3 is 2.58 bits per heavy atom. The van der Waals surface area contributed by atoms with Crippen molar-refractivity contribution in [2.24, 2.45) is 0 Å². The normalized spacial score (nSPS) is 23.9. The number of hydrogen-bond donors (Lipinski definition) is 0. The molecule has 1 unspecified atom stereocenters. The topological polar surface area (TPSA) is 3.24 Å². The Morgan fingerprint density at radius 2 is 2.17 bits per heavy atom. The van der Waals surface area contributed by atoms with Gasteiger partial charge in [0.15, 0.2) is 0 Å². The Hall–Kier alpha value is -0.560. The molecule has 0 aromatic heterocycles. The first-order chi connectivity index (χ1) is 5.65. The molecule has 0 radical (unpaired) electrons. The standard InChI is InChI=1S/C11H19N/c1-5-10-6-7-11(12(3)4)8-9(10)2/h6,8,11H,5,7H2,1-4H3. The van der Waals surface area contributed by atoms with Gasteiger partial charge in [-0.05, 0) is 39.4 Å². The van der Waals surface area contributed by atoms with E-state index in [1.165, 1.54) is 24.0 Å². The maximum Gasteiger partial charge on any atom is 0.0312 e. The zero-order valence-electron chi connectivity index (χ0n) is 8.59. The van der Waals surface area contributed by atoms with Crippen LogP contribution in [0.15, 0.2) is 23.3 Å². The van der Waals surface area contributed by atoms with Crippen LogP contribution in [0.5, 0.6) is 0 Å². The molecule has 1 aliphatic rings. The second-order valence-electron chi connectivity index (χ2n) is 3.70. The van der Waals surface area contributed by atoms with E-state index in [4.69, 9.17) is 0 Å². The molecule has 0 spiro atoms. The van der Waals surface area contributed by atoms with Gasteiger partial charge in [-0.25, -0.2) is 0 Å². The van der Waals surface area contributed by atoms with Crippen molar-refractivity contribution >= 4 is 0 Å². The molecular weight excluding hydrogens is 146 g/mol. The third-order valence-corrected chi connectivity index (χ3v) is 2.60. The number of likely N-dealkylation sites (N-methyl/N-ethyl adjacent to an activating group) is 1. The zero-order valence-corrected chi connectivity index (χ0v) is 8.59. The van der Waals surface area contributed by atoms with E-state index in [1.807, 2.05) is 0 Å². The third-order valence-electron chi connectivity index (χ3n) is 2.60. The molecule has 1 rings (SSSR count). The van der Waals surface area contributed by atoms with E-state index in [9.17, 15) is 0 Å². The summed E-state index contributed by atoms with van der Waals surface area (Å²) < 4.78 is 0. The van der Waals surface area contributed by atoms with Crippen LogP contribution in [0.1, 0.15) is 26.7 Å². The fourth-order valence-electron chi connectivity index (χ4n) is 1.67. The molecule has 0 aromatic carbocycles. The lowest BCUT2D eigenvalue weighted by Crippen LogP contribution is -2.27. The SMILES string of the molecule is CCC1=CCC(N(C)C)C=C1C. The summed E-state index contributed by atoms with van der Waals surface area (Å²) in [6.45, 7) is 4.43. The molecule has 0 aliphatic heterocycles. The van der Waals surface area contributed by atoms with E-state index in [0.717, 1.165) is 0 Å². The Labute approximate surface area is 75.8 Å². The van der Waals surface area contributed by atoms with Crippen molar-refractivity contribution in [2.75, 3.05) is 14.1 Å². The van der Waals surface area contributed by atoms with E-state index >= 15 is 0 Å². The van der Waals surface area contributed by atoms with Crippen LogP contribution in [0.2, 0.25) is 0 Å². The first kappa shape index (κ1) is 9.53. The van der Waals surface area contributed by atoms with Crippen molar-refractivity contribution in [3.63, 3.8) is 0 Å². The lowest BCUT2D eigenvalue weighted by atomic mass is 9.94. The maximum absolute atomic E-state index is 2.38. The van der Waals surface area contributed by atoms with E-state index in [0.29, 0.717) is 6.04 Å². The van der Waals surface area contributed by atoms with Gasteiger partial charge in [0.2, 0.25) is 0 Å². The molecule has 1 heteroatoms. The van der Waals surface area contributed by atoms with Crippen molar-refractivity contribution in [3.8, 4) is 0 Å². The van der Waals surface area contributed by atoms with Gasteiger partial charge in [0, 0.05) is 6.04 Å². The van der Waals surface area contributed by atoms with Gasteiger partial charge in [0.05, 0.1) is 0 Å². The first-order valence-corrected chi connectivity index (χ1v) is 4.69. The molecule has 1 atom stereocenters. The smallest absolute Gasteiger partial charge is 0.0312 e. The van der Waals surface area contributed by atoms with Crippen LogP contribution in [0, 0.1) is 0 Å². The van der Waals surface area contributed by atoms with E-state index < -0.39 is 0 Å². The van der Waals surface area contributed by atoms with Crippen LogP contribution in [-0.2, 0) is 0 Å². The van der Waals surface area contributed by atoms with Crippen molar-refractivity contribution < 1.29 is 0 Å². The largest absolute Gasteiger partial charge is 0.303 e. The van der Waals surface area contributed by atoms with Crippen LogP contribution >= 0.6 is 0 Å². The summed E-state index contributed by atoms with van der Waals surface area (Å²) in [6, 6.07) is 0.611. The van der Waals surface area contributed by atoms with Crippen LogP contribution < -0.4 is 0 Å². The molecule has 1 nitrogen and oxygen atoms in total. The highest BCUT2D eigenvalue weighted by Gasteiger charge is 2.12. The maximum atomic E-state index is 2.38. The fourth-order valence-corrected chi connectivity index (χ4v) is 1.67. The van der Waals surface area contributed by atoms with E-state index in [-0.39, 0.29) is 0 Å². The van der Waals surface area contributed by atoms with Gasteiger partial charge >= 0.3 is 0 Å². The quantitative estimate of drug-likeness (QED) is 0.608. The molecule has 12 heavy (non-hydrogen) atoms. The van der Waals surface area contributed by atoms with Crippen LogP contribution in [0.4, 0.5) is 0 Å². The average Bonchev–Trinajstić information content (AvgIpc) is 2.04. The number of allylic oxidation sites excluding steroid dienone is 2. The van der Waals surface area contributed by atoms with Crippen LogP contribution in [-0.4, -0.2) is 25.0 Å². The van der Waals surface area contributed by atoms with E-state index in [2.05, 4.69) is 45.0 Å². The molecule has 0 N–H and O–H groups in total. The molecule has 0 saturated carbocycles. The molecule has 0 aromatic rings. The molecule has 0 fully saturated rings. The Balaban J connectivity index is 2.69. The fraction of sp³-hybridized carbons (Fsp3) is 0.636. The van der Waals surface area contributed by atoms with E-state index in [1.54, 1.807) is 0 Å². The summed E-state index contributed by atoms with van der Waals surface area (Å²) in [5, 5.41) is 0. The highest BCUT2D eigenvalue weighted by molar-refractivity contribution is 5.33. The summed E-state index contributed by atoms with van der Waals surface area (Å²) >= 11 is 0. The van der Waals surface area contributed by atoms with Gasteiger partial charge in [0.1, 0.15) is 0 Å². The summed E-state index contributed by atoms with van der Waals surface area (Å²) in [6.07, 6.45) is 7.09. The second-order valence-corrected chi connectivity index (χ2v) is 3.70. The van der Waals surface area contributed by atoms with Gasteiger partial charge in [-0.2, -0.15) is 0 Å². The summed E-state index contributed by atoms with van der Waals surface area (Å²) in [7, 11) is 4.28. The lowest BCUT2D eigenvalue weighted by molar-refractivity contribution is 0.341. The Kier molecular flexibility index (Phi) is 3.10. The first-order valence-electron chi connectivity index (χ1n) is 4.69. The Bertz CT molecular complexity index is 211. The van der Waals surface area contributed by atoms with Crippen molar-refractivity contribution in [1.82, 2.24) is 4.90 Å². The van der Waals surface area contributed by atoms with Crippen LogP contribution in [0.3, 0.4) is 0 Å². The summed E-state index contributed by atoms with van der Waals surface area (Å²) in [5.74, 6) is 0. The molecule has 0 amide bonds. The summed E-state index contributed by atoms with van der Waals surface area (Å²) in [4.78, 5) is 2.27. The number of hydrogen-bond acceptors (Lipinski definition) is 1. The highest BCUT2D eigenvalue weighted by atomic mass is 15.1. The monoisotopic (exact) mass is 165 g/mol. The minimum atomic E-state index is 0.611. The van der Waals surface area contributed by atoms with Crippen LogP contribution in [0.25, 0.3) is 0 Å². The average molecular weight is 165 g/mol. The highest BCUT2D eigenvalue weighted by Crippen LogP contribution is 2.22. The third kappa shape index (κ3) is 1.98. The van der Waals surface area contributed by atoms with Gasteiger partial charge in [-0.15, -0.1) is 0 Å². The predicted octanol–water partition coefficient (Wildman–Crippen LogP) is 2.60. The Morgan fingerprint density at radius 1 is 1.50 bits per heavy atom. The molecule has 0 saturated heterocycles. The minimum Gasteiger partial charge on any atom is -0.303 e. The van der Waals surface area contributed by atoms with Crippen molar-refractivity contribution in [1.29, 1.82) is 0 Å². The van der Waals surface area contributed by atoms with Crippen molar-refractivity contribution in [3.05, 3.63) is 23.3 Å². The number of rotatable bonds is 2. The molecule has 0 bridgehead atoms. The predicted molar refractivity (Wildman–Crippen MR) is 54.2 cm³/mol. The van der Waals surface area contributed by atoms with Gasteiger partial charge in [-0.3, -0.25) is 0 Å². The molecule has 0 heterocycles. The minimum absolute atomic E-state index is 0.611. The number of nitrogens with zero attached hydrogens (tertiary/aromatic N) is 1.